The van der Waals surface area contributed by atoms with E-state index in [1.54, 1.807) is 0 Å². The Morgan fingerprint density at radius 2 is 2.35 bits per heavy atom. The standard InChI is InChI=1S/C10H9FN4O2/c1-17-7-4-2-3-6(11)8(7)9(16)14-10-12-5-13-15-10/h2-5H,1H3,(H2,12,13,14,15,16). The van der Waals surface area contributed by atoms with E-state index in [9.17, 15) is 9.18 Å². The number of carbonyl (C=O) groups excluding carboxylic acids is 1. The number of anilines is 1. The average Bonchev–Trinajstić information content (AvgIpc) is 2.81. The number of hydrogen-bond donors (Lipinski definition) is 2. The van der Waals surface area contributed by atoms with E-state index in [4.69, 9.17) is 4.74 Å². The third kappa shape index (κ3) is 2.22. The lowest BCUT2D eigenvalue weighted by molar-refractivity contribution is 0.101. The van der Waals surface area contributed by atoms with Crippen LogP contribution in [0.1, 0.15) is 10.4 Å². The molecule has 0 aliphatic heterocycles. The molecule has 6 nitrogen and oxygen atoms in total. The predicted molar refractivity (Wildman–Crippen MR) is 57.3 cm³/mol. The summed E-state index contributed by atoms with van der Waals surface area (Å²) in [5, 5.41) is 8.36. The number of aromatic amines is 1. The number of ether oxygens (including phenoxy) is 1. The Labute approximate surface area is 95.8 Å². The fourth-order valence-corrected chi connectivity index (χ4v) is 1.33. The first-order valence-electron chi connectivity index (χ1n) is 4.71. The summed E-state index contributed by atoms with van der Waals surface area (Å²) in [4.78, 5) is 15.5. The normalized spacial score (nSPS) is 10.0. The maximum Gasteiger partial charge on any atom is 0.264 e. The minimum Gasteiger partial charge on any atom is -0.496 e. The summed E-state index contributed by atoms with van der Waals surface area (Å²) in [6.07, 6.45) is 1.23. The number of H-pyrrole nitrogens is 1. The van der Waals surface area contributed by atoms with Gasteiger partial charge in [-0.3, -0.25) is 10.1 Å². The number of hydrogen-bond acceptors (Lipinski definition) is 4. The topological polar surface area (TPSA) is 79.9 Å². The lowest BCUT2D eigenvalue weighted by Gasteiger charge is -2.08. The van der Waals surface area contributed by atoms with Crippen LogP contribution in [0, 0.1) is 5.82 Å². The summed E-state index contributed by atoms with van der Waals surface area (Å²) >= 11 is 0. The molecule has 0 aliphatic rings. The summed E-state index contributed by atoms with van der Waals surface area (Å²) in [7, 11) is 1.36. The summed E-state index contributed by atoms with van der Waals surface area (Å²) < 4.78 is 18.4. The van der Waals surface area contributed by atoms with Crippen molar-refractivity contribution < 1.29 is 13.9 Å². The molecule has 7 heteroatoms. The van der Waals surface area contributed by atoms with E-state index in [0.29, 0.717) is 0 Å². The lowest BCUT2D eigenvalue weighted by atomic mass is 10.1. The van der Waals surface area contributed by atoms with Crippen LogP contribution >= 0.6 is 0 Å². The molecule has 0 unspecified atom stereocenters. The minimum absolute atomic E-state index is 0.139. The van der Waals surface area contributed by atoms with Crippen molar-refractivity contribution in [2.75, 3.05) is 12.4 Å². The maximum absolute atomic E-state index is 13.5. The molecular formula is C10H9FN4O2. The van der Waals surface area contributed by atoms with Crippen molar-refractivity contribution >= 4 is 11.9 Å². The van der Waals surface area contributed by atoms with Gasteiger partial charge in [0.25, 0.3) is 5.91 Å². The van der Waals surface area contributed by atoms with Crippen molar-refractivity contribution in [2.24, 2.45) is 0 Å². The fraction of sp³-hybridized carbons (Fsp3) is 0.100. The molecule has 0 spiro atoms. The van der Waals surface area contributed by atoms with Gasteiger partial charge < -0.3 is 4.74 Å². The molecule has 2 N–H and O–H groups in total. The van der Waals surface area contributed by atoms with Crippen molar-refractivity contribution in [2.45, 2.75) is 0 Å². The van der Waals surface area contributed by atoms with Gasteiger partial charge in [-0.15, -0.1) is 0 Å². The van der Waals surface area contributed by atoms with E-state index in [2.05, 4.69) is 20.5 Å². The highest BCUT2D eigenvalue weighted by molar-refractivity contribution is 6.05. The van der Waals surface area contributed by atoms with E-state index >= 15 is 0 Å². The van der Waals surface area contributed by atoms with Crippen LogP contribution in [0.4, 0.5) is 10.3 Å². The van der Waals surface area contributed by atoms with Gasteiger partial charge in [-0.1, -0.05) is 6.07 Å². The largest absolute Gasteiger partial charge is 0.496 e. The average molecular weight is 236 g/mol. The zero-order valence-electron chi connectivity index (χ0n) is 8.90. The molecule has 0 radical (unpaired) electrons. The number of nitrogens with zero attached hydrogens (tertiary/aromatic N) is 2. The second-order valence-corrected chi connectivity index (χ2v) is 3.11. The molecule has 1 aromatic heterocycles. The van der Waals surface area contributed by atoms with E-state index < -0.39 is 11.7 Å². The minimum atomic E-state index is -0.665. The van der Waals surface area contributed by atoms with Crippen LogP contribution in [0.15, 0.2) is 24.5 Å². The van der Waals surface area contributed by atoms with E-state index in [-0.39, 0.29) is 17.3 Å². The number of aromatic nitrogens is 3. The van der Waals surface area contributed by atoms with E-state index in [1.165, 1.54) is 31.6 Å². The molecule has 2 aromatic rings. The molecule has 0 bridgehead atoms. The third-order valence-corrected chi connectivity index (χ3v) is 2.07. The van der Waals surface area contributed by atoms with Crippen molar-refractivity contribution in [1.29, 1.82) is 0 Å². The lowest BCUT2D eigenvalue weighted by Crippen LogP contribution is -2.16. The number of rotatable bonds is 3. The predicted octanol–water partition coefficient (Wildman–Crippen LogP) is 1.20. The zero-order chi connectivity index (χ0) is 12.3. The highest BCUT2D eigenvalue weighted by Gasteiger charge is 2.18. The summed E-state index contributed by atoms with van der Waals surface area (Å²) in [6, 6.07) is 4.13. The van der Waals surface area contributed by atoms with Gasteiger partial charge in [-0.05, 0) is 12.1 Å². The van der Waals surface area contributed by atoms with Crippen molar-refractivity contribution in [3.63, 3.8) is 0 Å². The second-order valence-electron chi connectivity index (χ2n) is 3.11. The van der Waals surface area contributed by atoms with E-state index in [1.807, 2.05) is 0 Å². The van der Waals surface area contributed by atoms with Crippen LogP contribution in [-0.2, 0) is 0 Å². The number of methoxy groups -OCH3 is 1. The Hall–Kier alpha value is -2.44. The summed E-state index contributed by atoms with van der Waals surface area (Å²) in [6.45, 7) is 0. The van der Waals surface area contributed by atoms with Crippen LogP contribution < -0.4 is 10.1 Å². The highest BCUT2D eigenvalue weighted by atomic mass is 19.1. The monoisotopic (exact) mass is 236 g/mol. The van der Waals surface area contributed by atoms with Gasteiger partial charge in [0.1, 0.15) is 23.5 Å². The number of halogens is 1. The van der Waals surface area contributed by atoms with Crippen LogP contribution in [0.5, 0.6) is 5.75 Å². The molecule has 0 saturated carbocycles. The zero-order valence-corrected chi connectivity index (χ0v) is 8.90. The number of benzene rings is 1. The molecule has 1 amide bonds. The molecule has 2 rings (SSSR count). The van der Waals surface area contributed by atoms with Gasteiger partial charge in [0.2, 0.25) is 5.95 Å². The van der Waals surface area contributed by atoms with Crippen molar-refractivity contribution in [3.05, 3.63) is 35.9 Å². The van der Waals surface area contributed by atoms with Gasteiger partial charge in [0, 0.05) is 0 Å². The summed E-state index contributed by atoms with van der Waals surface area (Å²) in [5.74, 6) is -1.03. The van der Waals surface area contributed by atoms with E-state index in [0.717, 1.165) is 0 Å². The fourth-order valence-electron chi connectivity index (χ4n) is 1.33. The highest BCUT2D eigenvalue weighted by Crippen LogP contribution is 2.21. The van der Waals surface area contributed by atoms with Gasteiger partial charge in [0.05, 0.1) is 7.11 Å². The number of nitrogens with one attached hydrogen (secondary N) is 2. The molecule has 0 aliphatic carbocycles. The Kier molecular flexibility index (Phi) is 2.99. The first-order valence-corrected chi connectivity index (χ1v) is 4.71. The first-order chi connectivity index (χ1) is 8.22. The molecule has 0 saturated heterocycles. The first kappa shape index (κ1) is 11.1. The molecule has 1 heterocycles. The Bertz CT molecular complexity index is 527. The molecule has 88 valence electrons. The van der Waals surface area contributed by atoms with Crippen molar-refractivity contribution in [3.8, 4) is 5.75 Å². The Morgan fingerprint density at radius 1 is 1.53 bits per heavy atom. The quantitative estimate of drug-likeness (QED) is 0.839. The SMILES string of the molecule is COc1cccc(F)c1C(=O)Nc1ncn[nH]1. The second kappa shape index (κ2) is 4.60. The van der Waals surface area contributed by atoms with Gasteiger partial charge >= 0.3 is 0 Å². The molecule has 1 aromatic carbocycles. The third-order valence-electron chi connectivity index (χ3n) is 2.07. The molecule has 17 heavy (non-hydrogen) atoms. The van der Waals surface area contributed by atoms with Gasteiger partial charge in [0.15, 0.2) is 0 Å². The van der Waals surface area contributed by atoms with Gasteiger partial charge in [-0.2, -0.15) is 10.1 Å². The van der Waals surface area contributed by atoms with Gasteiger partial charge in [-0.25, -0.2) is 9.49 Å². The smallest absolute Gasteiger partial charge is 0.264 e. The van der Waals surface area contributed by atoms with Crippen LogP contribution in [0.2, 0.25) is 0 Å². The van der Waals surface area contributed by atoms with Crippen LogP contribution in [0.25, 0.3) is 0 Å². The molecule has 0 fully saturated rings. The maximum atomic E-state index is 13.5. The number of amides is 1. The van der Waals surface area contributed by atoms with Crippen LogP contribution in [-0.4, -0.2) is 28.2 Å². The molecular weight excluding hydrogens is 227 g/mol. The Balaban J connectivity index is 2.30. The summed E-state index contributed by atoms with van der Waals surface area (Å²) in [5.41, 5.74) is -0.175. The Morgan fingerprint density at radius 3 is 3.00 bits per heavy atom. The van der Waals surface area contributed by atoms with Crippen LogP contribution in [0.3, 0.4) is 0 Å². The van der Waals surface area contributed by atoms with Crippen molar-refractivity contribution in [1.82, 2.24) is 15.2 Å². The number of carbonyl (C=O) groups is 1. The molecule has 0 atom stereocenters.